The molecule has 2 aliphatic carbocycles. The Morgan fingerprint density at radius 2 is 2.18 bits per heavy atom. The van der Waals surface area contributed by atoms with Crippen molar-refractivity contribution in [2.75, 3.05) is 6.54 Å². The van der Waals surface area contributed by atoms with Gasteiger partial charge < -0.3 is 16.0 Å². The average molecular weight is 384 g/mol. The maximum absolute atomic E-state index is 13.1. The Morgan fingerprint density at radius 1 is 1.43 bits per heavy atom. The normalized spacial score (nSPS) is 26.0. The van der Waals surface area contributed by atoms with E-state index in [0.717, 1.165) is 30.5 Å². The Hall–Kier alpha value is -2.14. The van der Waals surface area contributed by atoms with Crippen molar-refractivity contribution in [3.8, 4) is 0 Å². The topological polar surface area (TPSA) is 88.0 Å². The molecule has 0 spiro atoms. The number of pyridine rings is 1. The summed E-state index contributed by atoms with van der Waals surface area (Å²) >= 11 is 0. The number of hydrogen-bond donors (Lipinski definition) is 3. The van der Waals surface area contributed by atoms with E-state index in [2.05, 4.69) is 43.2 Å². The number of aromatic nitrogens is 1. The number of fused-ring (bicyclic) bond motifs is 4. The molecule has 2 bridgehead atoms. The van der Waals surface area contributed by atoms with Gasteiger partial charge in [0.2, 0.25) is 11.5 Å². The Kier molecular flexibility index (Phi) is 5.94. The van der Waals surface area contributed by atoms with Gasteiger partial charge in [0, 0.05) is 29.7 Å². The predicted octanol–water partition coefficient (Wildman–Crippen LogP) is 3.17. The van der Waals surface area contributed by atoms with Gasteiger partial charge in [-0.05, 0) is 63.1 Å². The predicted molar refractivity (Wildman–Crippen MR) is 113 cm³/mol. The minimum absolute atomic E-state index is 0.0305. The molecule has 2 unspecified atom stereocenters. The van der Waals surface area contributed by atoms with Crippen molar-refractivity contribution in [2.45, 2.75) is 58.9 Å². The SMILES string of the molecule is CC=C1C2C=C(C)CC1(NC(=O)C[C@@H](CN)CC(C)C)c1ccc(=O)[nH]c1C2. The summed E-state index contributed by atoms with van der Waals surface area (Å²) in [6.07, 6.45) is 7.27. The number of hydrogen-bond acceptors (Lipinski definition) is 3. The van der Waals surface area contributed by atoms with Crippen LogP contribution in [0.4, 0.5) is 0 Å². The van der Waals surface area contributed by atoms with Gasteiger partial charge in [0.25, 0.3) is 0 Å². The molecule has 1 aromatic heterocycles. The highest BCUT2D eigenvalue weighted by molar-refractivity contribution is 5.78. The minimum Gasteiger partial charge on any atom is -0.342 e. The highest BCUT2D eigenvalue weighted by Crippen LogP contribution is 2.49. The summed E-state index contributed by atoms with van der Waals surface area (Å²) < 4.78 is 0. The van der Waals surface area contributed by atoms with Crippen molar-refractivity contribution in [1.82, 2.24) is 10.3 Å². The van der Waals surface area contributed by atoms with Crippen LogP contribution in [0.3, 0.4) is 0 Å². The van der Waals surface area contributed by atoms with Crippen LogP contribution in [0.25, 0.3) is 0 Å². The summed E-state index contributed by atoms with van der Waals surface area (Å²) in [5.74, 6) is 0.920. The molecular formula is C23H33N3O2. The smallest absolute Gasteiger partial charge is 0.248 e. The fraction of sp³-hybridized carbons (Fsp3) is 0.565. The largest absolute Gasteiger partial charge is 0.342 e. The van der Waals surface area contributed by atoms with Crippen molar-refractivity contribution < 1.29 is 4.79 Å². The van der Waals surface area contributed by atoms with E-state index in [-0.39, 0.29) is 23.3 Å². The Balaban J connectivity index is 1.99. The highest BCUT2D eigenvalue weighted by atomic mass is 16.1. The zero-order valence-corrected chi connectivity index (χ0v) is 17.5. The number of aromatic amines is 1. The van der Waals surface area contributed by atoms with Gasteiger partial charge in [0.05, 0.1) is 5.54 Å². The third-order valence-electron chi connectivity index (χ3n) is 6.08. The van der Waals surface area contributed by atoms with Crippen LogP contribution in [0.1, 0.15) is 58.2 Å². The first-order valence-corrected chi connectivity index (χ1v) is 10.4. The lowest BCUT2D eigenvalue weighted by Gasteiger charge is -2.48. The molecule has 28 heavy (non-hydrogen) atoms. The molecule has 1 aromatic rings. The van der Waals surface area contributed by atoms with Gasteiger partial charge in [0.1, 0.15) is 0 Å². The van der Waals surface area contributed by atoms with Crippen LogP contribution >= 0.6 is 0 Å². The maximum Gasteiger partial charge on any atom is 0.248 e. The first-order chi connectivity index (χ1) is 13.3. The maximum atomic E-state index is 13.1. The fourth-order valence-electron chi connectivity index (χ4n) is 5.17. The van der Waals surface area contributed by atoms with E-state index in [1.165, 1.54) is 11.1 Å². The monoisotopic (exact) mass is 383 g/mol. The van der Waals surface area contributed by atoms with Crippen molar-refractivity contribution in [2.24, 2.45) is 23.5 Å². The molecule has 2 aliphatic rings. The van der Waals surface area contributed by atoms with Gasteiger partial charge in [-0.25, -0.2) is 0 Å². The zero-order valence-electron chi connectivity index (χ0n) is 17.5. The van der Waals surface area contributed by atoms with Crippen LogP contribution in [-0.2, 0) is 16.8 Å². The van der Waals surface area contributed by atoms with E-state index in [1.807, 2.05) is 13.0 Å². The van der Waals surface area contributed by atoms with E-state index in [4.69, 9.17) is 5.73 Å². The third-order valence-corrected chi connectivity index (χ3v) is 6.08. The number of carbonyl (C=O) groups is 1. The zero-order chi connectivity index (χ0) is 20.5. The molecule has 0 saturated carbocycles. The number of rotatable bonds is 6. The van der Waals surface area contributed by atoms with Crippen LogP contribution in [0.2, 0.25) is 0 Å². The van der Waals surface area contributed by atoms with Crippen LogP contribution in [0.5, 0.6) is 0 Å². The number of nitrogens with one attached hydrogen (secondary N) is 2. The molecule has 1 amide bonds. The van der Waals surface area contributed by atoms with Crippen molar-refractivity contribution >= 4 is 5.91 Å². The van der Waals surface area contributed by atoms with Crippen LogP contribution in [0, 0.1) is 17.8 Å². The van der Waals surface area contributed by atoms with E-state index in [1.54, 1.807) is 6.07 Å². The van der Waals surface area contributed by atoms with E-state index >= 15 is 0 Å². The number of H-pyrrole nitrogens is 1. The summed E-state index contributed by atoms with van der Waals surface area (Å²) in [6.45, 7) is 8.99. The first kappa shape index (κ1) is 20.6. The number of nitrogens with two attached hydrogens (primary N) is 1. The molecule has 4 N–H and O–H groups in total. The molecule has 152 valence electrons. The summed E-state index contributed by atoms with van der Waals surface area (Å²) in [5.41, 5.74) is 9.70. The van der Waals surface area contributed by atoms with Gasteiger partial charge in [0.15, 0.2) is 0 Å². The van der Waals surface area contributed by atoms with Gasteiger partial charge in [-0.3, -0.25) is 9.59 Å². The quantitative estimate of drug-likeness (QED) is 0.659. The molecule has 0 aliphatic heterocycles. The number of carbonyl (C=O) groups excluding carboxylic acids is 1. The molecule has 1 heterocycles. The Labute approximate surface area is 167 Å². The van der Waals surface area contributed by atoms with Crippen LogP contribution < -0.4 is 16.6 Å². The van der Waals surface area contributed by atoms with Crippen LogP contribution in [0.15, 0.2) is 40.2 Å². The third kappa shape index (κ3) is 3.86. The molecule has 3 rings (SSSR count). The molecule has 0 aromatic carbocycles. The van der Waals surface area contributed by atoms with E-state index in [0.29, 0.717) is 18.9 Å². The summed E-state index contributed by atoms with van der Waals surface area (Å²) in [7, 11) is 0. The standard InChI is InChI=1S/C23H33N3O2/c1-5-18-17-9-15(4)12-23(18,19-6-7-21(27)25-20(19)11-17)26-22(28)10-16(13-24)8-14(2)3/h5-7,9,14,16-17H,8,10-13,24H2,1-4H3,(H,25,27)(H,26,28)/t16-,17?,23?/m0/s1. The Morgan fingerprint density at radius 3 is 2.82 bits per heavy atom. The summed E-state index contributed by atoms with van der Waals surface area (Å²) in [6, 6.07) is 3.46. The summed E-state index contributed by atoms with van der Waals surface area (Å²) in [4.78, 5) is 28.0. The minimum atomic E-state index is -0.579. The first-order valence-electron chi connectivity index (χ1n) is 10.4. The molecule has 0 radical (unpaired) electrons. The molecule has 5 heteroatoms. The van der Waals surface area contributed by atoms with Gasteiger partial charge >= 0.3 is 0 Å². The lowest BCUT2D eigenvalue weighted by Crippen LogP contribution is -2.54. The second kappa shape index (κ2) is 8.08. The molecule has 3 atom stereocenters. The van der Waals surface area contributed by atoms with Crippen molar-refractivity contribution in [3.05, 3.63) is 57.0 Å². The lowest BCUT2D eigenvalue weighted by atomic mass is 9.63. The fourth-order valence-corrected chi connectivity index (χ4v) is 5.17. The van der Waals surface area contributed by atoms with Gasteiger partial charge in [-0.15, -0.1) is 0 Å². The molecule has 0 fully saturated rings. The lowest BCUT2D eigenvalue weighted by molar-refractivity contribution is -0.123. The number of amides is 1. The second-order valence-corrected chi connectivity index (χ2v) is 8.85. The molecular weight excluding hydrogens is 350 g/mol. The Bertz CT molecular complexity index is 865. The molecule has 5 nitrogen and oxygen atoms in total. The average Bonchev–Trinajstić information content (AvgIpc) is 2.59. The highest BCUT2D eigenvalue weighted by Gasteiger charge is 2.47. The summed E-state index contributed by atoms with van der Waals surface area (Å²) in [5, 5.41) is 3.38. The van der Waals surface area contributed by atoms with Crippen molar-refractivity contribution in [3.63, 3.8) is 0 Å². The van der Waals surface area contributed by atoms with E-state index in [9.17, 15) is 9.59 Å². The molecule has 0 saturated heterocycles. The van der Waals surface area contributed by atoms with Gasteiger partial charge in [-0.1, -0.05) is 31.6 Å². The van der Waals surface area contributed by atoms with Crippen molar-refractivity contribution in [1.29, 1.82) is 0 Å². The van der Waals surface area contributed by atoms with E-state index < -0.39 is 5.54 Å². The van der Waals surface area contributed by atoms with Crippen LogP contribution in [-0.4, -0.2) is 17.4 Å². The number of allylic oxidation sites excluding steroid dienone is 2. The second-order valence-electron chi connectivity index (χ2n) is 8.85. The van der Waals surface area contributed by atoms with Gasteiger partial charge in [-0.2, -0.15) is 0 Å².